The molecule has 3 rings (SSSR count). The van der Waals surface area contributed by atoms with Crippen LogP contribution in [0.4, 0.5) is 0 Å². The first-order valence-corrected chi connectivity index (χ1v) is 9.37. The maximum atomic E-state index is 11.8. The summed E-state index contributed by atoms with van der Waals surface area (Å²) in [6.45, 7) is 9.08. The molecule has 0 aromatic rings. The molecule has 2 fully saturated rings. The van der Waals surface area contributed by atoms with Crippen LogP contribution in [0.1, 0.15) is 66.2 Å². The van der Waals surface area contributed by atoms with E-state index in [2.05, 4.69) is 27.7 Å². The summed E-state index contributed by atoms with van der Waals surface area (Å²) in [6, 6.07) is 0. The van der Waals surface area contributed by atoms with Gasteiger partial charge < -0.3 is 14.9 Å². The maximum absolute atomic E-state index is 11.8. The molecular formula is C20H32O4. The lowest BCUT2D eigenvalue weighted by Gasteiger charge is -2.64. The van der Waals surface area contributed by atoms with Crippen LogP contribution in [0.2, 0.25) is 0 Å². The summed E-state index contributed by atoms with van der Waals surface area (Å²) >= 11 is 0. The van der Waals surface area contributed by atoms with E-state index >= 15 is 0 Å². The third-order valence-electron chi connectivity index (χ3n) is 7.38. The lowest BCUT2D eigenvalue weighted by atomic mass is 9.43. The van der Waals surface area contributed by atoms with Crippen molar-refractivity contribution in [2.75, 3.05) is 6.61 Å². The Morgan fingerprint density at radius 1 is 1.29 bits per heavy atom. The van der Waals surface area contributed by atoms with Gasteiger partial charge in [0.2, 0.25) is 0 Å². The summed E-state index contributed by atoms with van der Waals surface area (Å²) in [6.07, 6.45) is 6.32. The zero-order valence-electron chi connectivity index (χ0n) is 15.5. The fourth-order valence-electron chi connectivity index (χ4n) is 6.21. The number of aliphatic hydroxyl groups excluding tert-OH is 1. The smallest absolute Gasteiger partial charge is 0.331 e. The quantitative estimate of drug-likeness (QED) is 0.777. The van der Waals surface area contributed by atoms with Gasteiger partial charge in [-0.3, -0.25) is 0 Å². The number of esters is 1. The van der Waals surface area contributed by atoms with Gasteiger partial charge in [0.15, 0.2) is 0 Å². The molecule has 2 aliphatic carbocycles. The molecule has 0 saturated heterocycles. The molecule has 2 N–H and O–H groups in total. The first kappa shape index (κ1) is 17.9. The van der Waals surface area contributed by atoms with E-state index in [-0.39, 0.29) is 34.7 Å². The van der Waals surface area contributed by atoms with Crippen molar-refractivity contribution in [2.45, 2.75) is 77.9 Å². The zero-order chi connectivity index (χ0) is 17.8. The topological polar surface area (TPSA) is 66.8 Å². The van der Waals surface area contributed by atoms with Gasteiger partial charge in [-0.2, -0.15) is 0 Å². The number of carbonyl (C=O) groups excluding carboxylic acids is 1. The van der Waals surface area contributed by atoms with Crippen LogP contribution < -0.4 is 0 Å². The van der Waals surface area contributed by atoms with Gasteiger partial charge in [-0.1, -0.05) is 34.1 Å². The fraction of sp³-hybridized carbons (Fsp3) is 0.850. The first-order valence-electron chi connectivity index (χ1n) is 9.37. The van der Waals surface area contributed by atoms with E-state index in [1.165, 1.54) is 0 Å². The normalized spacial score (nSPS) is 44.7. The van der Waals surface area contributed by atoms with E-state index < -0.39 is 5.60 Å². The molecule has 4 nitrogen and oxygen atoms in total. The number of cyclic esters (lactones) is 1. The van der Waals surface area contributed by atoms with Gasteiger partial charge in [0, 0.05) is 11.5 Å². The predicted octanol–water partition coefficient (Wildman–Crippen LogP) is 3.21. The van der Waals surface area contributed by atoms with E-state index in [0.717, 1.165) is 24.8 Å². The minimum absolute atomic E-state index is 0.0340. The number of hydrogen-bond acceptors (Lipinski definition) is 4. The number of carbonyl (C=O) groups is 1. The summed E-state index contributed by atoms with van der Waals surface area (Å²) in [5.74, 6) is -0.122. The van der Waals surface area contributed by atoms with Gasteiger partial charge in [0.1, 0.15) is 6.61 Å². The Hall–Kier alpha value is -0.870. The Morgan fingerprint density at radius 2 is 2.00 bits per heavy atom. The van der Waals surface area contributed by atoms with Gasteiger partial charge in [-0.15, -0.1) is 0 Å². The van der Waals surface area contributed by atoms with Crippen LogP contribution in [0.15, 0.2) is 11.6 Å². The largest absolute Gasteiger partial charge is 0.458 e. The van der Waals surface area contributed by atoms with Crippen LogP contribution >= 0.6 is 0 Å². The molecule has 0 aromatic heterocycles. The van der Waals surface area contributed by atoms with Gasteiger partial charge in [0.25, 0.3) is 0 Å². The molecule has 0 bridgehead atoms. The molecular weight excluding hydrogens is 304 g/mol. The number of fused-ring (bicyclic) bond motifs is 1. The highest BCUT2D eigenvalue weighted by atomic mass is 16.5. The van der Waals surface area contributed by atoms with Gasteiger partial charge >= 0.3 is 5.97 Å². The number of ether oxygens (including phenoxy) is 1. The molecule has 0 amide bonds. The Morgan fingerprint density at radius 3 is 2.62 bits per heavy atom. The van der Waals surface area contributed by atoms with E-state index in [4.69, 9.17) is 4.74 Å². The highest BCUT2D eigenvalue weighted by molar-refractivity contribution is 5.85. The summed E-state index contributed by atoms with van der Waals surface area (Å²) in [5.41, 5.74) is -0.106. The summed E-state index contributed by atoms with van der Waals surface area (Å²) < 4.78 is 4.99. The fourth-order valence-corrected chi connectivity index (χ4v) is 6.21. The average molecular weight is 336 g/mol. The standard InChI is InChI=1S/C20H32O4/c1-13-10-15(21)17-18(2,3)7-5-8-19(17,4)20(13,23)9-6-14-11-16(22)24-12-14/h11,13,15,17,21,23H,5-10,12H2,1-4H3/t13-,15-,17+,19+,20-/m1/s1. The number of aliphatic hydroxyl groups is 2. The Kier molecular flexibility index (Phi) is 4.37. The molecule has 0 radical (unpaired) electrons. The molecule has 24 heavy (non-hydrogen) atoms. The predicted molar refractivity (Wildman–Crippen MR) is 92.2 cm³/mol. The zero-order valence-corrected chi connectivity index (χ0v) is 15.5. The summed E-state index contributed by atoms with van der Waals surface area (Å²) in [7, 11) is 0. The van der Waals surface area contributed by atoms with Crippen LogP contribution in [-0.2, 0) is 9.53 Å². The molecule has 0 spiro atoms. The highest BCUT2D eigenvalue weighted by Gasteiger charge is 2.63. The minimum Gasteiger partial charge on any atom is -0.458 e. The van der Waals surface area contributed by atoms with Crippen molar-refractivity contribution in [1.29, 1.82) is 0 Å². The third-order valence-corrected chi connectivity index (χ3v) is 7.38. The van der Waals surface area contributed by atoms with Crippen molar-refractivity contribution in [1.82, 2.24) is 0 Å². The molecule has 136 valence electrons. The van der Waals surface area contributed by atoms with Crippen molar-refractivity contribution < 1.29 is 19.7 Å². The van der Waals surface area contributed by atoms with Crippen LogP contribution in [0.25, 0.3) is 0 Å². The van der Waals surface area contributed by atoms with E-state index in [1.807, 2.05) is 0 Å². The van der Waals surface area contributed by atoms with E-state index in [9.17, 15) is 15.0 Å². The average Bonchev–Trinajstić information content (AvgIpc) is 2.87. The van der Waals surface area contributed by atoms with Crippen LogP contribution in [0.5, 0.6) is 0 Å². The van der Waals surface area contributed by atoms with Crippen molar-refractivity contribution in [3.05, 3.63) is 11.6 Å². The van der Waals surface area contributed by atoms with Crippen LogP contribution in [-0.4, -0.2) is 34.5 Å². The Balaban J connectivity index is 1.89. The molecule has 2 saturated carbocycles. The molecule has 5 atom stereocenters. The Labute approximate surface area is 145 Å². The molecule has 3 aliphatic rings. The summed E-state index contributed by atoms with van der Waals surface area (Å²) in [5, 5.41) is 22.6. The molecule has 0 aromatic carbocycles. The van der Waals surface area contributed by atoms with Crippen molar-refractivity contribution >= 4 is 5.97 Å². The number of rotatable bonds is 3. The molecule has 1 aliphatic heterocycles. The number of hydrogen-bond donors (Lipinski definition) is 2. The second-order valence-electron chi connectivity index (χ2n) is 9.28. The second kappa shape index (κ2) is 5.84. The Bertz CT molecular complexity index is 552. The minimum atomic E-state index is -0.818. The lowest BCUT2D eigenvalue weighted by Crippen LogP contribution is -2.66. The van der Waals surface area contributed by atoms with E-state index in [0.29, 0.717) is 25.9 Å². The SMILES string of the molecule is C[C@@H]1C[C@@H](O)[C@H]2C(C)(C)CCC[C@]2(C)[C@@]1(O)CCC1=CC(=O)OC1. The van der Waals surface area contributed by atoms with Crippen molar-refractivity contribution in [3.8, 4) is 0 Å². The van der Waals surface area contributed by atoms with Crippen molar-refractivity contribution in [3.63, 3.8) is 0 Å². The van der Waals surface area contributed by atoms with Crippen molar-refractivity contribution in [2.24, 2.45) is 22.7 Å². The molecule has 1 heterocycles. The summed E-state index contributed by atoms with van der Waals surface area (Å²) in [4.78, 5) is 11.3. The van der Waals surface area contributed by atoms with E-state index in [1.54, 1.807) is 6.08 Å². The molecule has 0 unspecified atom stereocenters. The monoisotopic (exact) mass is 336 g/mol. The molecule has 4 heteroatoms. The second-order valence-corrected chi connectivity index (χ2v) is 9.28. The van der Waals surface area contributed by atoms with Crippen LogP contribution in [0.3, 0.4) is 0 Å². The lowest BCUT2D eigenvalue weighted by molar-refractivity contribution is -0.244. The van der Waals surface area contributed by atoms with Gasteiger partial charge in [-0.05, 0) is 54.9 Å². The first-order chi connectivity index (χ1) is 11.1. The van der Waals surface area contributed by atoms with Gasteiger partial charge in [-0.25, -0.2) is 4.79 Å². The third kappa shape index (κ3) is 2.62. The van der Waals surface area contributed by atoms with Gasteiger partial charge in [0.05, 0.1) is 11.7 Å². The highest BCUT2D eigenvalue weighted by Crippen LogP contribution is 2.63. The maximum Gasteiger partial charge on any atom is 0.331 e. The van der Waals surface area contributed by atoms with Crippen LogP contribution in [0, 0.1) is 22.7 Å².